The summed E-state index contributed by atoms with van der Waals surface area (Å²) >= 11 is 6.02. The largest absolute Gasteiger partial charge is 0.495 e. The molecule has 2 N–H and O–H groups in total. The monoisotopic (exact) mass is 291 g/mol. The fourth-order valence-corrected chi connectivity index (χ4v) is 1.80. The normalized spacial score (nSPS) is 9.95. The summed E-state index contributed by atoms with van der Waals surface area (Å²) < 4.78 is 5.20. The fourth-order valence-electron chi connectivity index (χ4n) is 1.65. The molecule has 0 fully saturated rings. The minimum absolute atomic E-state index is 0.365. The van der Waals surface area contributed by atoms with E-state index in [9.17, 15) is 4.79 Å². The van der Waals surface area contributed by atoms with Crippen LogP contribution in [0.25, 0.3) is 0 Å². The predicted molar refractivity (Wildman–Crippen MR) is 79.6 cm³/mol. The number of urea groups is 1. The maximum Gasteiger partial charge on any atom is 0.323 e. The summed E-state index contributed by atoms with van der Waals surface area (Å²) in [6, 6.07) is 6.45. The Kier molecular flexibility index (Phi) is 4.42. The molecule has 2 amide bonds. The summed E-state index contributed by atoms with van der Waals surface area (Å²) in [6.07, 6.45) is 3.20. The summed E-state index contributed by atoms with van der Waals surface area (Å²) in [5, 5.41) is 6.01. The highest BCUT2D eigenvalue weighted by molar-refractivity contribution is 6.31. The van der Waals surface area contributed by atoms with Gasteiger partial charge in [-0.15, -0.1) is 0 Å². The number of methoxy groups -OCH3 is 1. The third kappa shape index (κ3) is 3.39. The van der Waals surface area contributed by atoms with Crippen molar-refractivity contribution >= 4 is 29.0 Å². The number of nitrogens with one attached hydrogen (secondary N) is 2. The molecule has 1 heterocycles. The molecule has 2 aromatic rings. The molecule has 0 spiro atoms. The van der Waals surface area contributed by atoms with Crippen LogP contribution in [0.15, 0.2) is 36.7 Å². The number of ether oxygens (including phenoxy) is 1. The van der Waals surface area contributed by atoms with E-state index in [-0.39, 0.29) is 6.03 Å². The highest BCUT2D eigenvalue weighted by atomic mass is 35.5. The molecule has 0 saturated heterocycles. The number of aromatic nitrogens is 1. The Labute approximate surface area is 121 Å². The molecule has 2 rings (SSSR count). The van der Waals surface area contributed by atoms with E-state index in [1.54, 1.807) is 36.7 Å². The number of pyridine rings is 1. The summed E-state index contributed by atoms with van der Waals surface area (Å²) in [6.45, 7) is 1.85. The second-order valence-electron chi connectivity index (χ2n) is 4.12. The molecule has 104 valence electrons. The van der Waals surface area contributed by atoms with Crippen molar-refractivity contribution in [3.63, 3.8) is 0 Å². The van der Waals surface area contributed by atoms with E-state index >= 15 is 0 Å². The number of hydrogen-bond donors (Lipinski definition) is 2. The third-order valence-electron chi connectivity index (χ3n) is 2.67. The van der Waals surface area contributed by atoms with Gasteiger partial charge in [-0.1, -0.05) is 11.6 Å². The van der Waals surface area contributed by atoms with Crippen LogP contribution in [0.5, 0.6) is 5.75 Å². The molecule has 6 heteroatoms. The number of rotatable bonds is 3. The van der Waals surface area contributed by atoms with Gasteiger partial charge in [0.15, 0.2) is 0 Å². The predicted octanol–water partition coefficient (Wildman–Crippen LogP) is 3.70. The van der Waals surface area contributed by atoms with Crippen LogP contribution < -0.4 is 15.4 Å². The van der Waals surface area contributed by atoms with Gasteiger partial charge in [-0.2, -0.15) is 0 Å². The Morgan fingerprint density at radius 2 is 1.95 bits per heavy atom. The van der Waals surface area contributed by atoms with Crippen LogP contribution in [0.4, 0.5) is 16.2 Å². The molecular formula is C14H14ClN3O2. The minimum Gasteiger partial charge on any atom is -0.495 e. The van der Waals surface area contributed by atoms with E-state index in [1.165, 1.54) is 7.11 Å². The number of nitrogens with zero attached hydrogens (tertiary/aromatic N) is 1. The first-order chi connectivity index (χ1) is 9.60. The first kappa shape index (κ1) is 14.1. The Morgan fingerprint density at radius 1 is 1.25 bits per heavy atom. The lowest BCUT2D eigenvalue weighted by Crippen LogP contribution is -2.19. The maximum atomic E-state index is 11.9. The number of carbonyl (C=O) groups is 1. The molecule has 0 bridgehead atoms. The quantitative estimate of drug-likeness (QED) is 0.906. The summed E-state index contributed by atoms with van der Waals surface area (Å²) in [5.74, 6) is 0.505. The molecule has 1 aromatic heterocycles. The first-order valence-electron chi connectivity index (χ1n) is 5.92. The highest BCUT2D eigenvalue weighted by Gasteiger charge is 2.10. The standard InChI is InChI=1S/C14H14ClN3O2/c1-9-7-12(13(20-2)8-11(9)15)18-14(19)17-10-3-5-16-6-4-10/h3-8H,1-2H3,(H2,16,17,18,19). The van der Waals surface area contributed by atoms with Crippen molar-refractivity contribution in [2.24, 2.45) is 0 Å². The first-order valence-corrected chi connectivity index (χ1v) is 6.30. The summed E-state index contributed by atoms with van der Waals surface area (Å²) in [7, 11) is 1.52. The van der Waals surface area contributed by atoms with Crippen LogP contribution in [0.3, 0.4) is 0 Å². The fraction of sp³-hybridized carbons (Fsp3) is 0.143. The van der Waals surface area contributed by atoms with Crippen LogP contribution >= 0.6 is 11.6 Å². The van der Waals surface area contributed by atoms with E-state index in [1.807, 2.05) is 6.92 Å². The van der Waals surface area contributed by atoms with Crippen LogP contribution in [0.2, 0.25) is 5.02 Å². The summed E-state index contributed by atoms with van der Waals surface area (Å²) in [4.78, 5) is 15.8. The lowest BCUT2D eigenvalue weighted by molar-refractivity contribution is 0.262. The van der Waals surface area contributed by atoms with E-state index < -0.39 is 0 Å². The molecule has 0 radical (unpaired) electrons. The topological polar surface area (TPSA) is 63.2 Å². The highest BCUT2D eigenvalue weighted by Crippen LogP contribution is 2.30. The molecule has 0 aliphatic rings. The van der Waals surface area contributed by atoms with E-state index in [0.717, 1.165) is 5.56 Å². The zero-order valence-corrected chi connectivity index (χ0v) is 11.9. The van der Waals surface area contributed by atoms with Gasteiger partial charge in [-0.3, -0.25) is 4.98 Å². The second kappa shape index (κ2) is 6.25. The Morgan fingerprint density at radius 3 is 2.60 bits per heavy atom. The second-order valence-corrected chi connectivity index (χ2v) is 4.52. The molecule has 0 unspecified atom stereocenters. The number of halogens is 1. The molecule has 5 nitrogen and oxygen atoms in total. The third-order valence-corrected chi connectivity index (χ3v) is 3.07. The summed E-state index contributed by atoms with van der Waals surface area (Å²) in [5.41, 5.74) is 2.06. The molecular weight excluding hydrogens is 278 g/mol. The molecule has 0 atom stereocenters. The molecule has 0 saturated carbocycles. The minimum atomic E-state index is -0.365. The van der Waals surface area contributed by atoms with Gasteiger partial charge in [0.1, 0.15) is 5.75 Å². The number of carbonyl (C=O) groups excluding carboxylic acids is 1. The van der Waals surface area contributed by atoms with Gasteiger partial charge >= 0.3 is 6.03 Å². The van der Waals surface area contributed by atoms with Crippen molar-refractivity contribution in [2.45, 2.75) is 6.92 Å². The molecule has 1 aromatic carbocycles. The molecule has 0 aliphatic heterocycles. The average Bonchev–Trinajstić information content (AvgIpc) is 2.43. The Hall–Kier alpha value is -2.27. The lowest BCUT2D eigenvalue weighted by Gasteiger charge is -2.12. The van der Waals surface area contributed by atoms with Gasteiger partial charge in [-0.05, 0) is 30.7 Å². The zero-order valence-electron chi connectivity index (χ0n) is 11.1. The number of amides is 2. The van der Waals surface area contributed by atoms with Crippen molar-refractivity contribution in [3.05, 3.63) is 47.2 Å². The number of aryl methyl sites for hydroxylation is 1. The Bertz CT molecular complexity index is 617. The number of benzene rings is 1. The zero-order chi connectivity index (χ0) is 14.5. The van der Waals surface area contributed by atoms with Crippen molar-refractivity contribution in [1.29, 1.82) is 0 Å². The van der Waals surface area contributed by atoms with Gasteiger partial charge in [-0.25, -0.2) is 4.79 Å². The maximum absolute atomic E-state index is 11.9. The van der Waals surface area contributed by atoms with Crippen LogP contribution in [-0.2, 0) is 0 Å². The van der Waals surface area contributed by atoms with Crippen molar-refractivity contribution in [3.8, 4) is 5.75 Å². The van der Waals surface area contributed by atoms with Crippen LogP contribution in [-0.4, -0.2) is 18.1 Å². The number of hydrogen-bond acceptors (Lipinski definition) is 3. The van der Waals surface area contributed by atoms with Gasteiger partial charge in [0, 0.05) is 29.2 Å². The molecule has 0 aliphatic carbocycles. The molecule has 20 heavy (non-hydrogen) atoms. The van der Waals surface area contributed by atoms with Gasteiger partial charge in [0.2, 0.25) is 0 Å². The van der Waals surface area contributed by atoms with Gasteiger partial charge < -0.3 is 15.4 Å². The average molecular weight is 292 g/mol. The van der Waals surface area contributed by atoms with Crippen molar-refractivity contribution in [2.75, 3.05) is 17.7 Å². The Balaban J connectivity index is 2.13. The van der Waals surface area contributed by atoms with E-state index in [0.29, 0.717) is 22.1 Å². The van der Waals surface area contributed by atoms with E-state index in [2.05, 4.69) is 15.6 Å². The van der Waals surface area contributed by atoms with Crippen molar-refractivity contribution < 1.29 is 9.53 Å². The van der Waals surface area contributed by atoms with Crippen LogP contribution in [0, 0.1) is 6.92 Å². The van der Waals surface area contributed by atoms with Crippen LogP contribution in [0.1, 0.15) is 5.56 Å². The SMILES string of the molecule is COc1cc(Cl)c(C)cc1NC(=O)Nc1ccncc1. The number of anilines is 2. The lowest BCUT2D eigenvalue weighted by atomic mass is 10.2. The smallest absolute Gasteiger partial charge is 0.323 e. The van der Waals surface area contributed by atoms with Gasteiger partial charge in [0.05, 0.1) is 12.8 Å². The van der Waals surface area contributed by atoms with Crippen molar-refractivity contribution in [1.82, 2.24) is 4.98 Å². The van der Waals surface area contributed by atoms with E-state index in [4.69, 9.17) is 16.3 Å². The van der Waals surface area contributed by atoms with Gasteiger partial charge in [0.25, 0.3) is 0 Å².